The summed E-state index contributed by atoms with van der Waals surface area (Å²) in [5.41, 5.74) is 6.54. The van der Waals surface area contributed by atoms with Gasteiger partial charge in [0.15, 0.2) is 11.5 Å². The molecule has 2 N–H and O–H groups in total. The van der Waals surface area contributed by atoms with Crippen molar-refractivity contribution in [1.82, 2.24) is 20.0 Å². The van der Waals surface area contributed by atoms with Gasteiger partial charge in [-0.3, -0.25) is 4.79 Å². The minimum Gasteiger partial charge on any atom is -0.368 e. The maximum absolute atomic E-state index is 13.4. The van der Waals surface area contributed by atoms with Crippen LogP contribution < -0.4 is 5.73 Å². The van der Waals surface area contributed by atoms with Gasteiger partial charge >= 0.3 is 0 Å². The summed E-state index contributed by atoms with van der Waals surface area (Å²) >= 11 is 0. The van der Waals surface area contributed by atoms with Gasteiger partial charge in [0.2, 0.25) is 5.95 Å². The molecule has 144 valence electrons. The van der Waals surface area contributed by atoms with Crippen LogP contribution in [-0.4, -0.2) is 38.0 Å². The Balaban J connectivity index is 1.59. The molecule has 0 spiro atoms. The van der Waals surface area contributed by atoms with E-state index >= 15 is 0 Å². The lowest BCUT2D eigenvalue weighted by Crippen LogP contribution is -2.48. The van der Waals surface area contributed by atoms with Crippen LogP contribution in [0.1, 0.15) is 74.7 Å². The van der Waals surface area contributed by atoms with Crippen LogP contribution in [0, 0.1) is 0 Å². The molecular weight excluding hydrogens is 342 g/mol. The molecule has 0 aromatic carbocycles. The number of nitrogens with two attached hydrogens (primary N) is 1. The number of anilines is 1. The SMILES string of the molecule is Nc1nccc(-c2cc(C(=O)N(C3CCCCC3)C3CCCCC3)no2)n1. The van der Waals surface area contributed by atoms with E-state index in [0.717, 1.165) is 25.7 Å². The number of nitrogen functional groups attached to an aromatic ring is 1. The number of aromatic nitrogens is 3. The van der Waals surface area contributed by atoms with Gasteiger partial charge in [-0.2, -0.15) is 0 Å². The predicted octanol–water partition coefficient (Wildman–Crippen LogP) is 3.82. The van der Waals surface area contributed by atoms with Crippen LogP contribution in [0.25, 0.3) is 11.5 Å². The molecule has 27 heavy (non-hydrogen) atoms. The van der Waals surface area contributed by atoms with Crippen LogP contribution >= 0.6 is 0 Å². The number of nitrogens with zero attached hydrogens (tertiary/aromatic N) is 4. The molecule has 2 aromatic heterocycles. The number of hydrogen-bond acceptors (Lipinski definition) is 6. The first kappa shape index (κ1) is 17.9. The van der Waals surface area contributed by atoms with Crippen molar-refractivity contribution in [2.75, 3.05) is 5.73 Å². The minimum absolute atomic E-state index is 0.00849. The fourth-order valence-electron chi connectivity index (χ4n) is 4.49. The fraction of sp³-hybridized carbons (Fsp3) is 0.600. The van der Waals surface area contributed by atoms with Crippen LogP contribution in [-0.2, 0) is 0 Å². The molecule has 0 unspecified atom stereocenters. The smallest absolute Gasteiger partial charge is 0.276 e. The van der Waals surface area contributed by atoms with Gasteiger partial charge in [0.1, 0.15) is 5.69 Å². The van der Waals surface area contributed by atoms with Crippen LogP contribution in [0.15, 0.2) is 22.9 Å². The summed E-state index contributed by atoms with van der Waals surface area (Å²) in [6.45, 7) is 0. The molecule has 0 radical (unpaired) electrons. The van der Waals surface area contributed by atoms with Crippen molar-refractivity contribution >= 4 is 11.9 Å². The Morgan fingerprint density at radius 2 is 1.67 bits per heavy atom. The third-order valence-electron chi connectivity index (χ3n) is 5.83. The highest BCUT2D eigenvalue weighted by Gasteiger charge is 2.34. The Hall–Kier alpha value is -2.44. The summed E-state index contributed by atoms with van der Waals surface area (Å²) in [6.07, 6.45) is 13.3. The first-order chi connectivity index (χ1) is 13.2. The van der Waals surface area contributed by atoms with E-state index < -0.39 is 0 Å². The second-order valence-corrected chi connectivity index (χ2v) is 7.67. The number of carbonyl (C=O) groups is 1. The van der Waals surface area contributed by atoms with E-state index in [2.05, 4.69) is 20.0 Å². The third-order valence-corrected chi connectivity index (χ3v) is 5.83. The van der Waals surface area contributed by atoms with E-state index in [0.29, 0.717) is 29.2 Å². The molecule has 2 aliphatic carbocycles. The average Bonchev–Trinajstić information content (AvgIpc) is 3.20. The van der Waals surface area contributed by atoms with Crippen molar-refractivity contribution in [3.8, 4) is 11.5 Å². The third kappa shape index (κ3) is 3.96. The second-order valence-electron chi connectivity index (χ2n) is 7.67. The summed E-state index contributed by atoms with van der Waals surface area (Å²) in [4.78, 5) is 23.6. The average molecular weight is 369 g/mol. The number of amides is 1. The Labute approximate surface area is 159 Å². The van der Waals surface area contributed by atoms with E-state index in [1.807, 2.05) is 0 Å². The lowest BCUT2D eigenvalue weighted by atomic mass is 9.88. The first-order valence-electron chi connectivity index (χ1n) is 10.1. The Kier molecular flexibility index (Phi) is 5.36. The zero-order valence-corrected chi connectivity index (χ0v) is 15.6. The molecule has 4 rings (SSSR count). The van der Waals surface area contributed by atoms with Gasteiger partial charge < -0.3 is 15.2 Å². The van der Waals surface area contributed by atoms with Crippen molar-refractivity contribution in [2.24, 2.45) is 0 Å². The van der Waals surface area contributed by atoms with Crippen LogP contribution in [0.2, 0.25) is 0 Å². The molecule has 2 aliphatic rings. The largest absolute Gasteiger partial charge is 0.368 e. The lowest BCUT2D eigenvalue weighted by molar-refractivity contribution is 0.0438. The van der Waals surface area contributed by atoms with Crippen LogP contribution in [0.5, 0.6) is 0 Å². The normalized spacial score (nSPS) is 19.1. The molecule has 0 aliphatic heterocycles. The van der Waals surface area contributed by atoms with Gasteiger partial charge in [-0.15, -0.1) is 0 Å². The van der Waals surface area contributed by atoms with E-state index in [1.165, 1.54) is 38.5 Å². The van der Waals surface area contributed by atoms with Crippen LogP contribution in [0.3, 0.4) is 0 Å². The van der Waals surface area contributed by atoms with Gasteiger partial charge in [0.05, 0.1) is 0 Å². The van der Waals surface area contributed by atoms with E-state index in [9.17, 15) is 4.79 Å². The molecule has 2 fully saturated rings. The van der Waals surface area contributed by atoms with Crippen LogP contribution in [0.4, 0.5) is 5.95 Å². The molecule has 0 saturated heterocycles. The summed E-state index contributed by atoms with van der Waals surface area (Å²) in [5, 5.41) is 4.07. The highest BCUT2D eigenvalue weighted by molar-refractivity contribution is 5.93. The van der Waals surface area contributed by atoms with Crippen molar-refractivity contribution < 1.29 is 9.32 Å². The van der Waals surface area contributed by atoms with E-state index in [1.54, 1.807) is 18.3 Å². The van der Waals surface area contributed by atoms with Gasteiger partial charge in [0, 0.05) is 24.3 Å². The molecular formula is C20H27N5O2. The summed E-state index contributed by atoms with van der Waals surface area (Å²) in [6, 6.07) is 4.03. The molecule has 7 heteroatoms. The van der Waals surface area contributed by atoms with Gasteiger partial charge in [-0.1, -0.05) is 43.7 Å². The van der Waals surface area contributed by atoms with Gasteiger partial charge in [0.25, 0.3) is 5.91 Å². The summed E-state index contributed by atoms with van der Waals surface area (Å²) in [7, 11) is 0. The Morgan fingerprint density at radius 1 is 1.04 bits per heavy atom. The van der Waals surface area contributed by atoms with Crippen molar-refractivity contribution in [2.45, 2.75) is 76.3 Å². The maximum Gasteiger partial charge on any atom is 0.276 e. The first-order valence-corrected chi connectivity index (χ1v) is 10.1. The van der Waals surface area contributed by atoms with Crippen molar-refractivity contribution in [3.05, 3.63) is 24.0 Å². The topological polar surface area (TPSA) is 98.1 Å². The summed E-state index contributed by atoms with van der Waals surface area (Å²) < 4.78 is 5.41. The highest BCUT2D eigenvalue weighted by Crippen LogP contribution is 2.32. The number of carbonyl (C=O) groups excluding carboxylic acids is 1. The Morgan fingerprint density at radius 3 is 2.26 bits per heavy atom. The fourth-order valence-corrected chi connectivity index (χ4v) is 4.49. The quantitative estimate of drug-likeness (QED) is 0.879. The monoisotopic (exact) mass is 369 g/mol. The standard InChI is InChI=1S/C20H27N5O2/c21-20-22-12-11-16(23-20)18-13-17(24-27-18)19(26)25(14-7-3-1-4-8-14)15-9-5-2-6-10-15/h11-15H,1-10H2,(H2,21,22,23). The maximum atomic E-state index is 13.4. The van der Waals surface area contributed by atoms with Gasteiger partial charge in [-0.05, 0) is 31.7 Å². The van der Waals surface area contributed by atoms with Crippen molar-refractivity contribution in [3.63, 3.8) is 0 Å². The minimum atomic E-state index is -0.00849. The van der Waals surface area contributed by atoms with Gasteiger partial charge in [-0.25, -0.2) is 9.97 Å². The summed E-state index contributed by atoms with van der Waals surface area (Å²) in [5.74, 6) is 0.605. The number of rotatable bonds is 4. The molecule has 1 amide bonds. The second kappa shape index (κ2) is 8.06. The molecule has 2 aromatic rings. The predicted molar refractivity (Wildman–Crippen MR) is 102 cm³/mol. The molecule has 0 atom stereocenters. The zero-order valence-electron chi connectivity index (χ0n) is 15.6. The molecule has 0 bridgehead atoms. The number of hydrogen-bond donors (Lipinski definition) is 1. The molecule has 7 nitrogen and oxygen atoms in total. The van der Waals surface area contributed by atoms with E-state index in [4.69, 9.17) is 10.3 Å². The lowest BCUT2D eigenvalue weighted by Gasteiger charge is -2.41. The highest BCUT2D eigenvalue weighted by atomic mass is 16.5. The van der Waals surface area contributed by atoms with Crippen molar-refractivity contribution in [1.29, 1.82) is 0 Å². The zero-order chi connectivity index (χ0) is 18.6. The molecule has 2 saturated carbocycles. The molecule has 2 heterocycles. The Bertz CT molecular complexity index is 760. The van der Waals surface area contributed by atoms with E-state index in [-0.39, 0.29) is 11.9 Å².